The van der Waals surface area contributed by atoms with Crippen molar-refractivity contribution in [2.24, 2.45) is 0 Å². The Kier molecular flexibility index (Phi) is 3.22. The zero-order valence-corrected chi connectivity index (χ0v) is 9.22. The zero-order valence-electron chi connectivity index (χ0n) is 8.41. The predicted octanol–water partition coefficient (Wildman–Crippen LogP) is 1.61. The molecule has 1 aromatic rings. The molecule has 2 rings (SSSR count). The summed E-state index contributed by atoms with van der Waals surface area (Å²) >= 11 is 0. The van der Waals surface area contributed by atoms with E-state index in [9.17, 15) is 8.42 Å². The maximum atomic E-state index is 11.0. The molecule has 0 bridgehead atoms. The highest BCUT2D eigenvalue weighted by molar-refractivity contribution is 7.73. The SMILES string of the molecule is O=S(=O)=C1C=CC=CC1Oc1ccccc1. The van der Waals surface area contributed by atoms with E-state index in [1.165, 1.54) is 6.08 Å². The molecule has 0 radical (unpaired) electrons. The molecule has 0 aliphatic heterocycles. The number of hydrogen-bond donors (Lipinski definition) is 0. The van der Waals surface area contributed by atoms with Gasteiger partial charge in [0.1, 0.15) is 10.6 Å². The molecule has 0 aromatic heterocycles. The largest absolute Gasteiger partial charge is 0.481 e. The lowest BCUT2D eigenvalue weighted by Crippen LogP contribution is -2.25. The summed E-state index contributed by atoms with van der Waals surface area (Å²) in [6, 6.07) is 9.13. The fourth-order valence-electron chi connectivity index (χ4n) is 1.40. The van der Waals surface area contributed by atoms with Gasteiger partial charge in [0.05, 0.1) is 0 Å². The second-order valence-electron chi connectivity index (χ2n) is 3.23. The van der Waals surface area contributed by atoms with Crippen LogP contribution in [0, 0.1) is 0 Å². The van der Waals surface area contributed by atoms with Gasteiger partial charge in [0.2, 0.25) is 10.3 Å². The Morgan fingerprint density at radius 3 is 2.50 bits per heavy atom. The molecule has 0 saturated carbocycles. The third-order valence-corrected chi connectivity index (χ3v) is 2.89. The summed E-state index contributed by atoms with van der Waals surface area (Å²) in [5.41, 5.74) is 0. The summed E-state index contributed by atoms with van der Waals surface area (Å²) in [5.74, 6) is 0.649. The van der Waals surface area contributed by atoms with Crippen molar-refractivity contribution in [1.29, 1.82) is 0 Å². The van der Waals surface area contributed by atoms with Gasteiger partial charge in [-0.15, -0.1) is 0 Å². The molecule has 0 amide bonds. The monoisotopic (exact) mass is 234 g/mol. The van der Waals surface area contributed by atoms with Crippen LogP contribution in [0.2, 0.25) is 0 Å². The van der Waals surface area contributed by atoms with Crippen molar-refractivity contribution < 1.29 is 13.2 Å². The molecule has 1 aliphatic rings. The quantitative estimate of drug-likeness (QED) is 0.730. The topological polar surface area (TPSA) is 43.4 Å². The van der Waals surface area contributed by atoms with Crippen LogP contribution in [0.25, 0.3) is 0 Å². The van der Waals surface area contributed by atoms with E-state index in [2.05, 4.69) is 0 Å². The number of para-hydroxylation sites is 1. The minimum Gasteiger partial charge on any atom is -0.481 e. The molecule has 1 aliphatic carbocycles. The fraction of sp³-hybridized carbons (Fsp3) is 0.0833. The maximum Gasteiger partial charge on any atom is 0.221 e. The van der Waals surface area contributed by atoms with Crippen LogP contribution in [0.4, 0.5) is 0 Å². The number of hydrogen-bond acceptors (Lipinski definition) is 3. The maximum absolute atomic E-state index is 11.0. The molecule has 0 fully saturated rings. The minimum absolute atomic E-state index is 0.242. The molecule has 4 heteroatoms. The van der Waals surface area contributed by atoms with Gasteiger partial charge >= 0.3 is 0 Å². The summed E-state index contributed by atoms with van der Waals surface area (Å²) in [5, 5.41) is 0. The van der Waals surface area contributed by atoms with Gasteiger partial charge in [-0.2, -0.15) is 8.42 Å². The van der Waals surface area contributed by atoms with E-state index in [1.54, 1.807) is 30.4 Å². The zero-order chi connectivity index (χ0) is 11.4. The molecular weight excluding hydrogens is 224 g/mol. The minimum atomic E-state index is -2.25. The molecule has 16 heavy (non-hydrogen) atoms. The summed E-state index contributed by atoms with van der Waals surface area (Å²) < 4.78 is 27.5. The van der Waals surface area contributed by atoms with Gasteiger partial charge in [0.25, 0.3) is 0 Å². The lowest BCUT2D eigenvalue weighted by atomic mass is 10.1. The van der Waals surface area contributed by atoms with E-state index >= 15 is 0 Å². The van der Waals surface area contributed by atoms with Gasteiger partial charge in [0.15, 0.2) is 6.10 Å². The van der Waals surface area contributed by atoms with E-state index in [-0.39, 0.29) is 4.86 Å². The van der Waals surface area contributed by atoms with Crippen molar-refractivity contribution in [1.82, 2.24) is 0 Å². The van der Waals surface area contributed by atoms with Crippen LogP contribution in [-0.2, 0) is 10.3 Å². The van der Waals surface area contributed by atoms with Gasteiger partial charge in [-0.05, 0) is 24.3 Å². The molecule has 1 unspecified atom stereocenters. The van der Waals surface area contributed by atoms with Gasteiger partial charge in [0, 0.05) is 0 Å². The lowest BCUT2D eigenvalue weighted by Gasteiger charge is -2.15. The van der Waals surface area contributed by atoms with Crippen molar-refractivity contribution in [3.8, 4) is 5.75 Å². The molecule has 0 spiro atoms. The van der Waals surface area contributed by atoms with Crippen LogP contribution in [-0.4, -0.2) is 19.4 Å². The molecule has 3 nitrogen and oxygen atoms in total. The fourth-order valence-corrected chi connectivity index (χ4v) is 1.90. The predicted molar refractivity (Wildman–Crippen MR) is 63.1 cm³/mol. The summed E-state index contributed by atoms with van der Waals surface area (Å²) in [6.07, 6.45) is 6.15. The summed E-state index contributed by atoms with van der Waals surface area (Å²) in [4.78, 5) is 0.242. The van der Waals surface area contributed by atoms with E-state index in [0.717, 1.165) is 0 Å². The van der Waals surface area contributed by atoms with Crippen molar-refractivity contribution in [3.63, 3.8) is 0 Å². The highest BCUT2D eigenvalue weighted by Crippen LogP contribution is 2.14. The van der Waals surface area contributed by atoms with E-state index in [0.29, 0.717) is 5.75 Å². The first-order valence-electron chi connectivity index (χ1n) is 4.80. The average molecular weight is 234 g/mol. The third-order valence-electron chi connectivity index (χ3n) is 2.14. The van der Waals surface area contributed by atoms with Crippen LogP contribution < -0.4 is 4.74 Å². The highest BCUT2D eigenvalue weighted by atomic mass is 32.2. The Hall–Kier alpha value is -1.81. The Morgan fingerprint density at radius 1 is 1.06 bits per heavy atom. The Morgan fingerprint density at radius 2 is 1.81 bits per heavy atom. The first-order chi connectivity index (χ1) is 7.77. The molecule has 0 heterocycles. The normalized spacial score (nSPS) is 18.5. The standard InChI is InChI=1S/C12H10O3S/c13-16(14)12-9-5-4-8-11(12)15-10-6-2-1-3-7-10/h1-9,11H. The average Bonchev–Trinajstić information content (AvgIpc) is 2.31. The Labute approximate surface area is 95.2 Å². The van der Waals surface area contributed by atoms with Crippen molar-refractivity contribution in [3.05, 3.63) is 54.6 Å². The van der Waals surface area contributed by atoms with E-state index in [4.69, 9.17) is 4.74 Å². The highest BCUT2D eigenvalue weighted by Gasteiger charge is 2.15. The van der Waals surface area contributed by atoms with Gasteiger partial charge in [-0.3, -0.25) is 0 Å². The number of benzene rings is 1. The van der Waals surface area contributed by atoms with Crippen LogP contribution in [0.5, 0.6) is 5.75 Å². The molecular formula is C12H10O3S. The second kappa shape index (κ2) is 4.81. The van der Waals surface area contributed by atoms with Crippen molar-refractivity contribution >= 4 is 15.2 Å². The lowest BCUT2D eigenvalue weighted by molar-refractivity contribution is 0.315. The molecule has 82 valence electrons. The summed E-state index contributed by atoms with van der Waals surface area (Å²) in [7, 11) is -2.25. The van der Waals surface area contributed by atoms with Crippen LogP contribution in [0.1, 0.15) is 0 Å². The number of ether oxygens (including phenoxy) is 1. The van der Waals surface area contributed by atoms with Gasteiger partial charge in [-0.1, -0.05) is 30.4 Å². The second-order valence-corrected chi connectivity index (χ2v) is 4.17. The summed E-state index contributed by atoms with van der Waals surface area (Å²) in [6.45, 7) is 0. The smallest absolute Gasteiger partial charge is 0.221 e. The van der Waals surface area contributed by atoms with Crippen molar-refractivity contribution in [2.75, 3.05) is 0 Å². The van der Waals surface area contributed by atoms with Crippen molar-refractivity contribution in [2.45, 2.75) is 6.10 Å². The van der Waals surface area contributed by atoms with E-state index < -0.39 is 16.4 Å². The number of allylic oxidation sites excluding steroid dienone is 2. The van der Waals surface area contributed by atoms with Crippen LogP contribution in [0.15, 0.2) is 54.6 Å². The third kappa shape index (κ3) is 2.41. The molecule has 1 aromatic carbocycles. The molecule has 1 atom stereocenters. The van der Waals surface area contributed by atoms with Gasteiger partial charge < -0.3 is 4.74 Å². The molecule has 0 N–H and O–H groups in total. The Bertz CT molecular complexity index is 545. The molecule has 0 saturated heterocycles. The first kappa shape index (κ1) is 10.7. The van der Waals surface area contributed by atoms with Gasteiger partial charge in [-0.25, -0.2) is 0 Å². The van der Waals surface area contributed by atoms with E-state index in [1.807, 2.05) is 18.2 Å². The number of rotatable bonds is 2. The van der Waals surface area contributed by atoms with Crippen LogP contribution in [0.3, 0.4) is 0 Å². The Balaban J connectivity index is 2.26. The first-order valence-corrected chi connectivity index (χ1v) is 5.87. The van der Waals surface area contributed by atoms with Crippen LogP contribution >= 0.6 is 0 Å².